The summed E-state index contributed by atoms with van der Waals surface area (Å²) in [5.74, 6) is 0. The van der Waals surface area contributed by atoms with Crippen molar-refractivity contribution in [1.82, 2.24) is 0 Å². The fourth-order valence-corrected chi connectivity index (χ4v) is 2.72. The highest BCUT2D eigenvalue weighted by molar-refractivity contribution is 7.14. The predicted molar refractivity (Wildman–Crippen MR) is 72.3 cm³/mol. The van der Waals surface area contributed by atoms with Crippen LogP contribution in [0.4, 0.5) is 0 Å². The third-order valence-corrected chi connectivity index (χ3v) is 3.74. The second-order valence-corrected chi connectivity index (χ2v) is 5.24. The van der Waals surface area contributed by atoms with Gasteiger partial charge in [0.2, 0.25) is 0 Å². The molecule has 3 aromatic rings. The van der Waals surface area contributed by atoms with E-state index in [4.69, 9.17) is 11.6 Å². The molecule has 1 aromatic heterocycles. The van der Waals surface area contributed by atoms with E-state index < -0.39 is 0 Å². The van der Waals surface area contributed by atoms with Gasteiger partial charge in [0.15, 0.2) is 0 Å². The molecule has 0 saturated carbocycles. The lowest BCUT2D eigenvalue weighted by Gasteiger charge is -2.01. The summed E-state index contributed by atoms with van der Waals surface area (Å²) in [6, 6.07) is 16.9. The summed E-state index contributed by atoms with van der Waals surface area (Å²) in [7, 11) is 0. The first-order valence-corrected chi connectivity index (χ1v) is 6.32. The molecule has 78 valence electrons. The van der Waals surface area contributed by atoms with Gasteiger partial charge in [-0.15, -0.1) is 11.3 Å². The minimum atomic E-state index is 0.836. The average Bonchev–Trinajstić information content (AvgIpc) is 2.75. The molecule has 2 heteroatoms. The minimum absolute atomic E-state index is 0.836. The molecule has 16 heavy (non-hydrogen) atoms. The second kappa shape index (κ2) is 3.93. The topological polar surface area (TPSA) is 0 Å². The van der Waals surface area contributed by atoms with Crippen LogP contribution in [0, 0.1) is 0 Å². The van der Waals surface area contributed by atoms with E-state index in [0.29, 0.717) is 0 Å². The van der Waals surface area contributed by atoms with E-state index in [1.165, 1.54) is 21.9 Å². The molecule has 0 aliphatic heterocycles. The number of fused-ring (bicyclic) bond motifs is 1. The molecule has 2 aromatic carbocycles. The molecule has 0 radical (unpaired) electrons. The highest BCUT2D eigenvalue weighted by atomic mass is 35.5. The van der Waals surface area contributed by atoms with E-state index in [0.717, 1.165) is 4.34 Å². The standard InChI is InChI=1S/C14H9ClS/c15-14-8-13(9-16-14)12-6-5-10-3-1-2-4-11(10)7-12/h1-9H. The van der Waals surface area contributed by atoms with Crippen molar-refractivity contribution in [2.45, 2.75) is 0 Å². The third kappa shape index (κ3) is 1.73. The highest BCUT2D eigenvalue weighted by Gasteiger charge is 2.01. The molecular formula is C14H9ClS. The first-order valence-electron chi connectivity index (χ1n) is 5.06. The molecule has 0 aliphatic carbocycles. The maximum absolute atomic E-state index is 5.95. The van der Waals surface area contributed by atoms with Crippen LogP contribution < -0.4 is 0 Å². The molecule has 0 nitrogen and oxygen atoms in total. The molecule has 0 saturated heterocycles. The first kappa shape index (κ1) is 9.88. The van der Waals surface area contributed by atoms with E-state index in [9.17, 15) is 0 Å². The first-order chi connectivity index (χ1) is 7.83. The van der Waals surface area contributed by atoms with Gasteiger partial charge in [-0.2, -0.15) is 0 Å². The Morgan fingerprint density at radius 3 is 2.38 bits per heavy atom. The summed E-state index contributed by atoms with van der Waals surface area (Å²) >= 11 is 7.52. The maximum atomic E-state index is 5.95. The molecule has 0 fully saturated rings. The molecule has 0 aliphatic rings. The zero-order valence-electron chi connectivity index (χ0n) is 8.48. The summed E-state index contributed by atoms with van der Waals surface area (Å²) in [5, 5.41) is 4.63. The van der Waals surface area contributed by atoms with Crippen LogP contribution in [0.2, 0.25) is 4.34 Å². The van der Waals surface area contributed by atoms with Crippen LogP contribution in [0.3, 0.4) is 0 Å². The Hall–Kier alpha value is -1.31. The Morgan fingerprint density at radius 2 is 1.62 bits per heavy atom. The Bertz CT molecular complexity index is 640. The SMILES string of the molecule is Clc1cc(-c2ccc3ccccc3c2)cs1. The summed E-state index contributed by atoms with van der Waals surface area (Å²) < 4.78 is 0.836. The zero-order valence-corrected chi connectivity index (χ0v) is 10.1. The second-order valence-electron chi connectivity index (χ2n) is 3.70. The fourth-order valence-electron chi connectivity index (χ4n) is 1.83. The molecule has 0 bridgehead atoms. The molecule has 3 rings (SSSR count). The van der Waals surface area contributed by atoms with Gasteiger partial charge in [-0.25, -0.2) is 0 Å². The summed E-state index contributed by atoms with van der Waals surface area (Å²) in [4.78, 5) is 0. The summed E-state index contributed by atoms with van der Waals surface area (Å²) in [5.41, 5.74) is 2.42. The Kier molecular flexibility index (Phi) is 2.43. The number of halogens is 1. The van der Waals surface area contributed by atoms with Gasteiger partial charge in [-0.1, -0.05) is 48.0 Å². The van der Waals surface area contributed by atoms with Crippen molar-refractivity contribution < 1.29 is 0 Å². The lowest BCUT2D eigenvalue weighted by Crippen LogP contribution is -1.75. The summed E-state index contributed by atoms with van der Waals surface area (Å²) in [6.45, 7) is 0. The van der Waals surface area contributed by atoms with E-state index in [2.05, 4.69) is 47.8 Å². The number of benzene rings is 2. The Morgan fingerprint density at radius 1 is 0.812 bits per heavy atom. The van der Waals surface area contributed by atoms with Crippen molar-refractivity contribution in [3.63, 3.8) is 0 Å². The highest BCUT2D eigenvalue weighted by Crippen LogP contribution is 2.30. The quantitative estimate of drug-likeness (QED) is 0.550. The van der Waals surface area contributed by atoms with Crippen molar-refractivity contribution in [2.75, 3.05) is 0 Å². The zero-order chi connectivity index (χ0) is 11.0. The number of thiophene rings is 1. The van der Waals surface area contributed by atoms with Gasteiger partial charge in [0.25, 0.3) is 0 Å². The molecule has 0 amide bonds. The van der Waals surface area contributed by atoms with E-state index in [-0.39, 0.29) is 0 Å². The minimum Gasteiger partial charge on any atom is -0.131 e. The van der Waals surface area contributed by atoms with Gasteiger partial charge in [0.05, 0.1) is 4.34 Å². The largest absolute Gasteiger partial charge is 0.131 e. The van der Waals surface area contributed by atoms with Crippen LogP contribution >= 0.6 is 22.9 Å². The van der Waals surface area contributed by atoms with Gasteiger partial charge >= 0.3 is 0 Å². The van der Waals surface area contributed by atoms with Crippen molar-refractivity contribution in [2.24, 2.45) is 0 Å². The van der Waals surface area contributed by atoms with E-state index in [1.54, 1.807) is 11.3 Å². The molecule has 0 unspecified atom stereocenters. The van der Waals surface area contributed by atoms with E-state index >= 15 is 0 Å². The van der Waals surface area contributed by atoms with Crippen molar-refractivity contribution >= 4 is 33.7 Å². The van der Waals surface area contributed by atoms with Gasteiger partial charge in [0, 0.05) is 5.38 Å². The van der Waals surface area contributed by atoms with Crippen molar-refractivity contribution in [3.8, 4) is 11.1 Å². The van der Waals surface area contributed by atoms with Gasteiger partial charge in [-0.05, 0) is 34.0 Å². The number of rotatable bonds is 1. The van der Waals surface area contributed by atoms with Crippen LogP contribution in [-0.2, 0) is 0 Å². The Labute approximate surface area is 103 Å². The lowest BCUT2D eigenvalue weighted by molar-refractivity contribution is 1.71. The van der Waals surface area contributed by atoms with Crippen LogP contribution in [0.15, 0.2) is 53.9 Å². The van der Waals surface area contributed by atoms with Crippen LogP contribution in [-0.4, -0.2) is 0 Å². The van der Waals surface area contributed by atoms with Gasteiger partial charge < -0.3 is 0 Å². The molecule has 0 atom stereocenters. The van der Waals surface area contributed by atoms with Crippen molar-refractivity contribution in [3.05, 3.63) is 58.2 Å². The lowest BCUT2D eigenvalue weighted by atomic mass is 10.0. The maximum Gasteiger partial charge on any atom is 0.0934 e. The smallest absolute Gasteiger partial charge is 0.0934 e. The number of hydrogen-bond donors (Lipinski definition) is 0. The molecule has 0 N–H and O–H groups in total. The molecular weight excluding hydrogens is 236 g/mol. The van der Waals surface area contributed by atoms with Crippen LogP contribution in [0.5, 0.6) is 0 Å². The molecule has 1 heterocycles. The van der Waals surface area contributed by atoms with Crippen molar-refractivity contribution in [1.29, 1.82) is 0 Å². The molecule has 0 spiro atoms. The summed E-state index contributed by atoms with van der Waals surface area (Å²) in [6.07, 6.45) is 0. The van der Waals surface area contributed by atoms with E-state index in [1.807, 2.05) is 6.07 Å². The van der Waals surface area contributed by atoms with Crippen LogP contribution in [0.25, 0.3) is 21.9 Å². The Balaban J connectivity index is 2.18. The average molecular weight is 245 g/mol. The third-order valence-electron chi connectivity index (χ3n) is 2.65. The normalized spacial score (nSPS) is 10.8. The fraction of sp³-hybridized carbons (Fsp3) is 0. The van der Waals surface area contributed by atoms with Gasteiger partial charge in [0.1, 0.15) is 0 Å². The van der Waals surface area contributed by atoms with Crippen LogP contribution in [0.1, 0.15) is 0 Å². The monoisotopic (exact) mass is 244 g/mol. The van der Waals surface area contributed by atoms with Gasteiger partial charge in [-0.3, -0.25) is 0 Å². The predicted octanol–water partition coefficient (Wildman–Crippen LogP) is 5.22. The number of hydrogen-bond acceptors (Lipinski definition) is 1.